The summed E-state index contributed by atoms with van der Waals surface area (Å²) >= 11 is 5.76. The zero-order valence-electron chi connectivity index (χ0n) is 10.1. The van der Waals surface area contributed by atoms with E-state index in [-0.39, 0.29) is 16.5 Å². The molecule has 0 spiro atoms. The van der Waals surface area contributed by atoms with Gasteiger partial charge in [0.25, 0.3) is 0 Å². The maximum atomic E-state index is 14.5. The van der Waals surface area contributed by atoms with Crippen molar-refractivity contribution in [1.82, 2.24) is 4.98 Å². The fourth-order valence-electron chi connectivity index (χ4n) is 2.12. The number of halogens is 3. The molecule has 0 fully saturated rings. The molecule has 2 nitrogen and oxygen atoms in total. The van der Waals surface area contributed by atoms with Crippen molar-refractivity contribution in [3.63, 3.8) is 0 Å². The lowest BCUT2D eigenvalue weighted by Gasteiger charge is -2.08. The van der Waals surface area contributed by atoms with Crippen LogP contribution in [0, 0.1) is 11.6 Å². The van der Waals surface area contributed by atoms with Crippen molar-refractivity contribution < 1.29 is 8.78 Å². The van der Waals surface area contributed by atoms with Gasteiger partial charge in [-0.1, -0.05) is 23.7 Å². The van der Waals surface area contributed by atoms with Crippen LogP contribution < -0.4 is 5.56 Å². The Kier molecular flexibility index (Phi) is 3.03. The molecule has 3 aromatic rings. The predicted molar refractivity (Wildman–Crippen MR) is 74.9 cm³/mol. The zero-order valence-corrected chi connectivity index (χ0v) is 10.8. The number of hydrogen-bond donors (Lipinski definition) is 1. The molecule has 2 aromatic carbocycles. The Morgan fingerprint density at radius 1 is 1.00 bits per heavy atom. The Morgan fingerprint density at radius 3 is 2.40 bits per heavy atom. The van der Waals surface area contributed by atoms with Crippen LogP contribution in [0.3, 0.4) is 0 Å². The van der Waals surface area contributed by atoms with Gasteiger partial charge in [-0.3, -0.25) is 4.79 Å². The second-order valence-corrected chi connectivity index (χ2v) is 4.77. The van der Waals surface area contributed by atoms with Gasteiger partial charge >= 0.3 is 0 Å². The first-order chi connectivity index (χ1) is 9.56. The maximum Gasteiger partial charge on any atom is 0.248 e. The van der Waals surface area contributed by atoms with Gasteiger partial charge in [-0.05, 0) is 29.8 Å². The molecule has 0 unspecified atom stereocenters. The highest BCUT2D eigenvalue weighted by Crippen LogP contribution is 2.31. The molecule has 0 saturated heterocycles. The summed E-state index contributed by atoms with van der Waals surface area (Å²) < 4.78 is 28.6. The maximum absolute atomic E-state index is 14.5. The topological polar surface area (TPSA) is 32.9 Å². The molecule has 1 heterocycles. The third kappa shape index (κ3) is 2.08. The molecular formula is C15H8ClF2NO. The van der Waals surface area contributed by atoms with E-state index in [4.69, 9.17) is 11.6 Å². The van der Waals surface area contributed by atoms with Crippen molar-refractivity contribution in [3.8, 4) is 11.1 Å². The molecule has 0 aliphatic rings. The lowest BCUT2D eigenvalue weighted by Crippen LogP contribution is -2.04. The van der Waals surface area contributed by atoms with Crippen molar-refractivity contribution in [1.29, 1.82) is 0 Å². The van der Waals surface area contributed by atoms with Crippen molar-refractivity contribution in [2.24, 2.45) is 0 Å². The van der Waals surface area contributed by atoms with Crippen LogP contribution in [0.15, 0.2) is 47.3 Å². The quantitative estimate of drug-likeness (QED) is 0.718. The number of benzene rings is 2. The molecule has 0 bridgehead atoms. The van der Waals surface area contributed by atoms with Crippen LogP contribution in [0.2, 0.25) is 5.02 Å². The smallest absolute Gasteiger partial charge is 0.248 e. The molecule has 0 amide bonds. The van der Waals surface area contributed by atoms with Crippen LogP contribution in [0.5, 0.6) is 0 Å². The summed E-state index contributed by atoms with van der Waals surface area (Å²) in [5.41, 5.74) is -0.0283. The normalized spacial score (nSPS) is 10.9. The number of hydrogen-bond acceptors (Lipinski definition) is 1. The van der Waals surface area contributed by atoms with E-state index in [1.165, 1.54) is 12.1 Å². The van der Waals surface area contributed by atoms with E-state index < -0.39 is 17.2 Å². The van der Waals surface area contributed by atoms with Gasteiger partial charge in [-0.15, -0.1) is 0 Å². The first kappa shape index (κ1) is 12.8. The third-order valence-corrected chi connectivity index (χ3v) is 3.30. The molecule has 1 N–H and O–H groups in total. The van der Waals surface area contributed by atoms with Crippen LogP contribution in [-0.2, 0) is 0 Å². The fourth-order valence-corrected chi connectivity index (χ4v) is 2.24. The number of aromatic nitrogens is 1. The minimum absolute atomic E-state index is 0.130. The summed E-state index contributed by atoms with van der Waals surface area (Å²) in [6, 6.07) is 9.86. The van der Waals surface area contributed by atoms with Gasteiger partial charge in [0.2, 0.25) is 5.56 Å². The molecule has 3 rings (SSSR count). The van der Waals surface area contributed by atoms with Crippen LogP contribution in [-0.4, -0.2) is 4.98 Å². The first-order valence-corrected chi connectivity index (χ1v) is 6.21. The Balaban J connectivity index is 2.33. The van der Waals surface area contributed by atoms with Gasteiger partial charge in [0, 0.05) is 16.5 Å². The lowest BCUT2D eigenvalue weighted by molar-refractivity contribution is 0.597. The van der Waals surface area contributed by atoms with Crippen LogP contribution >= 0.6 is 11.6 Å². The fraction of sp³-hybridized carbons (Fsp3) is 0. The number of rotatable bonds is 1. The van der Waals surface area contributed by atoms with E-state index in [0.717, 1.165) is 6.07 Å². The monoisotopic (exact) mass is 291 g/mol. The second-order valence-electron chi connectivity index (χ2n) is 4.34. The van der Waals surface area contributed by atoms with Gasteiger partial charge in [0.15, 0.2) is 0 Å². The Hall–Kier alpha value is -2.20. The van der Waals surface area contributed by atoms with E-state index in [0.29, 0.717) is 10.6 Å². The molecule has 1 aromatic heterocycles. The summed E-state index contributed by atoms with van der Waals surface area (Å²) in [7, 11) is 0. The summed E-state index contributed by atoms with van der Waals surface area (Å²) in [6.07, 6.45) is 0. The Morgan fingerprint density at radius 2 is 1.70 bits per heavy atom. The number of pyridine rings is 1. The van der Waals surface area contributed by atoms with Crippen molar-refractivity contribution in [2.75, 3.05) is 0 Å². The molecule has 0 saturated carbocycles. The van der Waals surface area contributed by atoms with Gasteiger partial charge in [-0.2, -0.15) is 0 Å². The summed E-state index contributed by atoms with van der Waals surface area (Å²) in [4.78, 5) is 13.6. The average molecular weight is 292 g/mol. The standard InChI is InChI=1S/C15H8ClF2NO/c16-9-3-1-8(2-4-9)14-11(17)7-12-10(15(14)18)5-6-13(20)19-12/h1-7H,(H,19,20). The van der Waals surface area contributed by atoms with Crippen molar-refractivity contribution >= 4 is 22.5 Å². The summed E-state index contributed by atoms with van der Waals surface area (Å²) in [5, 5.41) is 0.649. The van der Waals surface area contributed by atoms with Gasteiger partial charge < -0.3 is 4.98 Å². The van der Waals surface area contributed by atoms with Crippen molar-refractivity contribution in [3.05, 3.63) is 69.5 Å². The van der Waals surface area contributed by atoms with Gasteiger partial charge in [-0.25, -0.2) is 8.78 Å². The number of aromatic amines is 1. The van der Waals surface area contributed by atoms with E-state index in [1.54, 1.807) is 24.3 Å². The Labute approximate surface area is 117 Å². The van der Waals surface area contributed by atoms with E-state index in [1.807, 2.05) is 0 Å². The minimum Gasteiger partial charge on any atom is -0.322 e. The summed E-state index contributed by atoms with van der Waals surface area (Å²) in [6.45, 7) is 0. The molecule has 0 radical (unpaired) electrons. The first-order valence-electron chi connectivity index (χ1n) is 5.83. The minimum atomic E-state index is -0.737. The largest absolute Gasteiger partial charge is 0.322 e. The highest BCUT2D eigenvalue weighted by Gasteiger charge is 2.15. The van der Waals surface area contributed by atoms with Gasteiger partial charge in [0.1, 0.15) is 11.6 Å². The van der Waals surface area contributed by atoms with Crippen LogP contribution in [0.4, 0.5) is 8.78 Å². The number of H-pyrrole nitrogens is 1. The van der Waals surface area contributed by atoms with E-state index >= 15 is 0 Å². The highest BCUT2D eigenvalue weighted by molar-refractivity contribution is 6.30. The molecule has 0 aliphatic heterocycles. The van der Waals surface area contributed by atoms with Crippen LogP contribution in [0.25, 0.3) is 22.0 Å². The number of fused-ring (bicyclic) bond motifs is 1. The molecule has 0 aliphatic carbocycles. The molecule has 20 heavy (non-hydrogen) atoms. The molecule has 0 atom stereocenters. The zero-order chi connectivity index (χ0) is 14.3. The second kappa shape index (κ2) is 4.72. The van der Waals surface area contributed by atoms with Crippen LogP contribution in [0.1, 0.15) is 0 Å². The van der Waals surface area contributed by atoms with E-state index in [9.17, 15) is 13.6 Å². The predicted octanol–water partition coefficient (Wildman–Crippen LogP) is 4.13. The molecular weight excluding hydrogens is 284 g/mol. The molecule has 100 valence electrons. The van der Waals surface area contributed by atoms with Gasteiger partial charge in [0.05, 0.1) is 11.1 Å². The summed E-state index contributed by atoms with van der Waals surface area (Å²) in [5.74, 6) is -1.45. The molecule has 5 heteroatoms. The SMILES string of the molecule is O=c1ccc2c(F)c(-c3ccc(Cl)cc3)c(F)cc2[nH]1. The number of nitrogens with one attached hydrogen (secondary N) is 1. The highest BCUT2D eigenvalue weighted by atomic mass is 35.5. The third-order valence-electron chi connectivity index (χ3n) is 3.05. The Bertz CT molecular complexity index is 856. The van der Waals surface area contributed by atoms with E-state index in [2.05, 4.69) is 4.98 Å². The lowest BCUT2D eigenvalue weighted by atomic mass is 10.0. The van der Waals surface area contributed by atoms with Crippen molar-refractivity contribution in [2.45, 2.75) is 0 Å². The average Bonchev–Trinajstić information content (AvgIpc) is 2.40.